The molecule has 30 heavy (non-hydrogen) atoms. The van der Waals surface area contributed by atoms with Gasteiger partial charge in [0.15, 0.2) is 5.78 Å². The maximum Gasteiger partial charge on any atom is 0.419 e. The number of pyridine rings is 1. The van der Waals surface area contributed by atoms with Crippen molar-refractivity contribution in [1.82, 2.24) is 4.98 Å². The molecular formula is C20H16F7NO2. The van der Waals surface area contributed by atoms with Gasteiger partial charge in [-0.1, -0.05) is 6.07 Å². The first-order valence-corrected chi connectivity index (χ1v) is 9.01. The highest BCUT2D eigenvalue weighted by atomic mass is 19.4. The van der Waals surface area contributed by atoms with Crippen molar-refractivity contribution < 1.29 is 40.3 Å². The number of ether oxygens (including phenoxy) is 1. The number of carbonyl (C=O) groups is 1. The van der Waals surface area contributed by atoms with Crippen LogP contribution in [0.1, 0.15) is 47.6 Å². The summed E-state index contributed by atoms with van der Waals surface area (Å²) in [4.78, 5) is 16.3. The van der Waals surface area contributed by atoms with E-state index >= 15 is 0 Å². The van der Waals surface area contributed by atoms with Crippen molar-refractivity contribution in [1.29, 1.82) is 0 Å². The fraction of sp³-hybridized carbons (Fsp3) is 0.400. The molecule has 3 rings (SSSR count). The molecule has 0 unspecified atom stereocenters. The van der Waals surface area contributed by atoms with Crippen molar-refractivity contribution >= 4 is 5.78 Å². The van der Waals surface area contributed by atoms with Crippen LogP contribution in [0, 0.1) is 5.82 Å². The van der Waals surface area contributed by atoms with Gasteiger partial charge in [-0.2, -0.15) is 26.3 Å². The van der Waals surface area contributed by atoms with Crippen molar-refractivity contribution in [3.05, 3.63) is 64.7 Å². The predicted molar refractivity (Wildman–Crippen MR) is 91.1 cm³/mol. The maximum absolute atomic E-state index is 14.1. The van der Waals surface area contributed by atoms with Crippen molar-refractivity contribution in [2.75, 3.05) is 6.61 Å². The molecule has 2 heterocycles. The predicted octanol–water partition coefficient (Wildman–Crippen LogP) is 5.53. The number of carbonyl (C=O) groups excluding carboxylic acids is 1. The Balaban J connectivity index is 2.07. The van der Waals surface area contributed by atoms with Gasteiger partial charge in [-0.3, -0.25) is 9.78 Å². The molecule has 1 fully saturated rings. The fourth-order valence-corrected chi connectivity index (χ4v) is 3.45. The molecule has 1 aromatic heterocycles. The zero-order chi connectivity index (χ0) is 22.1. The van der Waals surface area contributed by atoms with Crippen LogP contribution < -0.4 is 0 Å². The third-order valence-corrected chi connectivity index (χ3v) is 4.87. The van der Waals surface area contributed by atoms with Crippen LogP contribution in [0.5, 0.6) is 0 Å². The van der Waals surface area contributed by atoms with Crippen molar-refractivity contribution in [3.63, 3.8) is 0 Å². The first-order chi connectivity index (χ1) is 14.0. The highest BCUT2D eigenvalue weighted by Crippen LogP contribution is 2.40. The molecule has 2 aromatic rings. The molecule has 10 heteroatoms. The van der Waals surface area contributed by atoms with Crippen molar-refractivity contribution in [2.45, 2.75) is 43.6 Å². The Morgan fingerprint density at radius 3 is 2.37 bits per heavy atom. The normalized spacial score (nSPS) is 18.4. The first kappa shape index (κ1) is 22.2. The summed E-state index contributed by atoms with van der Waals surface area (Å²) in [5, 5.41) is 0. The monoisotopic (exact) mass is 435 g/mol. The molecule has 0 saturated carbocycles. The lowest BCUT2D eigenvalue weighted by Gasteiger charge is -2.22. The van der Waals surface area contributed by atoms with Crippen LogP contribution in [0.2, 0.25) is 0 Å². The minimum absolute atomic E-state index is 0.212. The Hall–Kier alpha value is -2.49. The zero-order valence-electron chi connectivity index (χ0n) is 15.4. The minimum atomic E-state index is -4.96. The van der Waals surface area contributed by atoms with Crippen LogP contribution in [0.25, 0.3) is 0 Å². The topological polar surface area (TPSA) is 39.2 Å². The summed E-state index contributed by atoms with van der Waals surface area (Å²) in [5.41, 5.74) is -3.46. The summed E-state index contributed by atoms with van der Waals surface area (Å²) in [7, 11) is 0. The van der Waals surface area contributed by atoms with E-state index < -0.39 is 59.2 Å². The van der Waals surface area contributed by atoms with Crippen LogP contribution in [0.4, 0.5) is 30.7 Å². The van der Waals surface area contributed by atoms with Crippen LogP contribution in [-0.2, 0) is 21.9 Å². The molecule has 1 aromatic carbocycles. The number of hydrogen-bond acceptors (Lipinski definition) is 3. The maximum atomic E-state index is 14.1. The molecule has 162 valence electrons. The van der Waals surface area contributed by atoms with Crippen molar-refractivity contribution in [2.24, 2.45) is 0 Å². The second-order valence-electron chi connectivity index (χ2n) is 6.90. The van der Waals surface area contributed by atoms with E-state index in [0.717, 1.165) is 24.4 Å². The van der Waals surface area contributed by atoms with Gasteiger partial charge >= 0.3 is 12.4 Å². The molecule has 0 spiro atoms. The Kier molecular flexibility index (Phi) is 6.16. The molecule has 2 atom stereocenters. The van der Waals surface area contributed by atoms with E-state index in [4.69, 9.17) is 4.74 Å². The van der Waals surface area contributed by atoms with Gasteiger partial charge in [-0.25, -0.2) is 4.39 Å². The highest BCUT2D eigenvalue weighted by Gasteiger charge is 2.39. The van der Waals surface area contributed by atoms with Crippen molar-refractivity contribution in [3.8, 4) is 0 Å². The quantitative estimate of drug-likeness (QED) is 0.580. The van der Waals surface area contributed by atoms with Crippen LogP contribution in [0.3, 0.4) is 0 Å². The van der Waals surface area contributed by atoms with Gasteiger partial charge in [-0.05, 0) is 42.7 Å². The van der Waals surface area contributed by atoms with E-state index in [0.29, 0.717) is 31.6 Å². The fourth-order valence-electron chi connectivity index (χ4n) is 3.45. The first-order valence-electron chi connectivity index (χ1n) is 9.01. The molecule has 1 saturated heterocycles. The second kappa shape index (κ2) is 8.33. The van der Waals surface area contributed by atoms with Gasteiger partial charge in [0.1, 0.15) is 11.9 Å². The SMILES string of the molecule is O=C(C[C@@H](c1ccc(C(F)(F)F)c(F)c1)c1ncccc1C(F)(F)F)[C@H]1CCCO1. The third kappa shape index (κ3) is 4.80. The molecule has 1 aliphatic heterocycles. The van der Waals surface area contributed by atoms with Crippen LogP contribution in [0.15, 0.2) is 36.5 Å². The summed E-state index contributed by atoms with van der Waals surface area (Å²) in [6, 6.07) is 3.63. The highest BCUT2D eigenvalue weighted by molar-refractivity contribution is 5.84. The Labute approximate surface area is 166 Å². The van der Waals surface area contributed by atoms with Crippen LogP contribution in [-0.4, -0.2) is 23.5 Å². The molecule has 0 radical (unpaired) electrons. The summed E-state index contributed by atoms with van der Waals surface area (Å²) < 4.78 is 98.5. The van der Waals surface area contributed by atoms with E-state index in [1.807, 2.05) is 0 Å². The number of Topliss-reactive ketones (excluding diaryl/α,β-unsaturated/α-hetero) is 1. The summed E-state index contributed by atoms with van der Waals surface area (Å²) in [6.07, 6.45) is -9.05. The molecule has 1 aliphatic rings. The molecule has 3 nitrogen and oxygen atoms in total. The van der Waals surface area contributed by atoms with E-state index in [-0.39, 0.29) is 5.56 Å². The van der Waals surface area contributed by atoms with Gasteiger partial charge < -0.3 is 4.74 Å². The lowest BCUT2D eigenvalue weighted by atomic mass is 9.86. The Morgan fingerprint density at radius 1 is 1.10 bits per heavy atom. The minimum Gasteiger partial charge on any atom is -0.370 e. The standard InChI is InChI=1S/C20H16F7NO2/c21-15-9-11(5-6-13(15)19(22,23)24)12(10-16(29)17-4-2-8-30-17)18-14(20(25,26)27)3-1-7-28-18/h1,3,5-7,9,12,17H,2,4,8,10H2/t12-,17+/m0/s1. The van der Waals surface area contributed by atoms with E-state index in [2.05, 4.69) is 4.98 Å². The van der Waals surface area contributed by atoms with Gasteiger partial charge in [0, 0.05) is 25.1 Å². The second-order valence-corrected chi connectivity index (χ2v) is 6.90. The third-order valence-electron chi connectivity index (χ3n) is 4.87. The Morgan fingerprint density at radius 2 is 1.80 bits per heavy atom. The summed E-state index contributed by atoms with van der Waals surface area (Å²) in [6.45, 7) is 0.327. The smallest absolute Gasteiger partial charge is 0.370 e. The largest absolute Gasteiger partial charge is 0.419 e. The van der Waals surface area contributed by atoms with Crippen LogP contribution >= 0.6 is 0 Å². The van der Waals surface area contributed by atoms with E-state index in [1.54, 1.807) is 0 Å². The number of halogens is 7. The molecule has 0 amide bonds. The number of ketones is 1. The molecule has 0 N–H and O–H groups in total. The average Bonchev–Trinajstić information content (AvgIpc) is 3.19. The molecule has 0 bridgehead atoms. The number of nitrogens with zero attached hydrogens (tertiary/aromatic N) is 1. The average molecular weight is 435 g/mol. The lowest BCUT2D eigenvalue weighted by Crippen LogP contribution is -2.24. The summed E-state index contributed by atoms with van der Waals surface area (Å²) in [5.74, 6) is -3.55. The van der Waals surface area contributed by atoms with Gasteiger partial charge in [0.05, 0.1) is 16.8 Å². The molecule has 0 aliphatic carbocycles. The van der Waals surface area contributed by atoms with E-state index in [1.165, 1.54) is 0 Å². The number of alkyl halides is 6. The lowest BCUT2D eigenvalue weighted by molar-refractivity contribution is -0.140. The van der Waals surface area contributed by atoms with E-state index in [9.17, 15) is 35.5 Å². The number of rotatable bonds is 5. The van der Waals surface area contributed by atoms with Gasteiger partial charge in [-0.15, -0.1) is 0 Å². The Bertz CT molecular complexity index is 918. The molecular weight excluding hydrogens is 419 g/mol. The zero-order valence-corrected chi connectivity index (χ0v) is 15.4. The number of benzene rings is 1. The summed E-state index contributed by atoms with van der Waals surface area (Å²) >= 11 is 0. The van der Waals surface area contributed by atoms with Gasteiger partial charge in [0.2, 0.25) is 0 Å². The van der Waals surface area contributed by atoms with Gasteiger partial charge in [0.25, 0.3) is 0 Å². The number of aromatic nitrogens is 1. The number of hydrogen-bond donors (Lipinski definition) is 0.